The van der Waals surface area contributed by atoms with Crippen molar-refractivity contribution in [3.63, 3.8) is 0 Å². The van der Waals surface area contributed by atoms with Gasteiger partial charge < -0.3 is 0 Å². The van der Waals surface area contributed by atoms with Crippen LogP contribution in [0.15, 0.2) is 47.7 Å². The summed E-state index contributed by atoms with van der Waals surface area (Å²) in [5.74, 6) is 0.747. The smallest absolute Gasteiger partial charge is 0.274 e. The molecule has 0 bridgehead atoms. The Bertz CT molecular complexity index is 634. The topological polar surface area (TPSA) is 33.0 Å². The fourth-order valence-corrected chi connectivity index (χ4v) is 2.62. The number of anilines is 1. The SMILES string of the molecule is Fc1cccc(Cl)c1/C=N/N1CCN(c2cccc[nH+]2)CC1. The van der Waals surface area contributed by atoms with Gasteiger partial charge in [0.2, 0.25) is 0 Å². The summed E-state index contributed by atoms with van der Waals surface area (Å²) in [6.07, 6.45) is 3.42. The number of nitrogens with one attached hydrogen (secondary N) is 1. The Hall–Kier alpha value is -2.14. The summed E-state index contributed by atoms with van der Waals surface area (Å²) in [6.45, 7) is 3.29. The van der Waals surface area contributed by atoms with Crippen molar-refractivity contribution in [2.45, 2.75) is 0 Å². The number of rotatable bonds is 3. The lowest BCUT2D eigenvalue weighted by molar-refractivity contribution is -0.364. The van der Waals surface area contributed by atoms with Crippen molar-refractivity contribution >= 4 is 23.6 Å². The van der Waals surface area contributed by atoms with Gasteiger partial charge in [0.25, 0.3) is 5.82 Å². The van der Waals surface area contributed by atoms with Gasteiger partial charge in [0.05, 0.1) is 30.5 Å². The number of hydrazone groups is 1. The first-order valence-corrected chi connectivity index (χ1v) is 7.56. The average molecular weight is 320 g/mol. The van der Waals surface area contributed by atoms with Crippen LogP contribution in [0.2, 0.25) is 5.02 Å². The van der Waals surface area contributed by atoms with E-state index >= 15 is 0 Å². The van der Waals surface area contributed by atoms with Gasteiger partial charge in [-0.3, -0.25) is 9.91 Å². The summed E-state index contributed by atoms with van der Waals surface area (Å²) in [5, 5.41) is 6.66. The van der Waals surface area contributed by atoms with Crippen LogP contribution in [0.25, 0.3) is 0 Å². The highest BCUT2D eigenvalue weighted by Gasteiger charge is 2.22. The first-order valence-electron chi connectivity index (χ1n) is 7.18. The van der Waals surface area contributed by atoms with E-state index in [2.05, 4.69) is 21.1 Å². The van der Waals surface area contributed by atoms with E-state index in [1.165, 1.54) is 12.3 Å². The predicted octanol–water partition coefficient (Wildman–Crippen LogP) is 2.45. The molecule has 114 valence electrons. The number of halogens is 2. The number of piperazine rings is 1. The second-order valence-electron chi connectivity index (χ2n) is 5.07. The number of H-pyrrole nitrogens is 1. The van der Waals surface area contributed by atoms with Crippen LogP contribution < -0.4 is 9.88 Å². The third kappa shape index (κ3) is 3.36. The summed E-state index contributed by atoms with van der Waals surface area (Å²) in [6, 6.07) is 10.7. The summed E-state index contributed by atoms with van der Waals surface area (Å²) >= 11 is 5.99. The molecule has 0 unspecified atom stereocenters. The molecule has 2 heterocycles. The lowest BCUT2D eigenvalue weighted by atomic mass is 10.2. The zero-order valence-corrected chi connectivity index (χ0v) is 12.8. The van der Waals surface area contributed by atoms with Crippen molar-refractivity contribution in [1.29, 1.82) is 0 Å². The van der Waals surface area contributed by atoms with Crippen LogP contribution >= 0.6 is 11.6 Å². The van der Waals surface area contributed by atoms with Crippen LogP contribution in [0.3, 0.4) is 0 Å². The molecule has 4 nitrogen and oxygen atoms in total. The second kappa shape index (κ2) is 6.75. The first kappa shape index (κ1) is 14.8. The predicted molar refractivity (Wildman–Crippen MR) is 85.8 cm³/mol. The summed E-state index contributed by atoms with van der Waals surface area (Å²) in [5.41, 5.74) is 0.336. The molecule has 0 aliphatic carbocycles. The minimum absolute atomic E-state index is 0.336. The first-order chi connectivity index (χ1) is 10.7. The fraction of sp³-hybridized carbons (Fsp3) is 0.250. The van der Waals surface area contributed by atoms with Crippen molar-refractivity contribution < 1.29 is 9.37 Å². The van der Waals surface area contributed by atoms with Crippen LogP contribution in [0.4, 0.5) is 10.2 Å². The highest BCUT2D eigenvalue weighted by Crippen LogP contribution is 2.17. The van der Waals surface area contributed by atoms with Crippen molar-refractivity contribution in [3.8, 4) is 0 Å². The minimum atomic E-state index is -0.353. The summed E-state index contributed by atoms with van der Waals surface area (Å²) in [7, 11) is 0. The quantitative estimate of drug-likeness (QED) is 0.814. The highest BCUT2D eigenvalue weighted by molar-refractivity contribution is 6.33. The molecule has 0 spiro atoms. The van der Waals surface area contributed by atoms with E-state index in [1.54, 1.807) is 12.1 Å². The molecule has 1 aromatic carbocycles. The third-order valence-electron chi connectivity index (χ3n) is 3.64. The Labute approximate surface area is 133 Å². The molecular weight excluding hydrogens is 303 g/mol. The number of hydrogen-bond acceptors (Lipinski definition) is 3. The van der Waals surface area contributed by atoms with E-state index in [1.807, 2.05) is 23.3 Å². The van der Waals surface area contributed by atoms with Crippen LogP contribution in [-0.4, -0.2) is 37.4 Å². The van der Waals surface area contributed by atoms with E-state index in [0.29, 0.717) is 10.6 Å². The lowest BCUT2D eigenvalue weighted by Crippen LogP contribution is -2.45. The fourth-order valence-electron chi connectivity index (χ4n) is 2.41. The molecule has 22 heavy (non-hydrogen) atoms. The van der Waals surface area contributed by atoms with Gasteiger partial charge in [-0.05, 0) is 18.2 Å². The Morgan fingerprint density at radius 1 is 1.09 bits per heavy atom. The van der Waals surface area contributed by atoms with Gasteiger partial charge in [-0.25, -0.2) is 9.37 Å². The number of pyridine rings is 1. The number of aromatic nitrogens is 1. The standard InChI is InChI=1S/C16H16ClFN4/c17-14-4-3-5-15(18)13(14)12-20-22-10-8-21(9-11-22)16-6-1-2-7-19-16/h1-7,12H,8-11H2/p+1/b20-12+. The van der Waals surface area contributed by atoms with E-state index in [4.69, 9.17) is 11.6 Å². The molecule has 0 saturated carbocycles. The molecule has 6 heteroatoms. The van der Waals surface area contributed by atoms with Gasteiger partial charge in [0, 0.05) is 11.6 Å². The van der Waals surface area contributed by atoms with Crippen LogP contribution in [0, 0.1) is 5.82 Å². The number of benzene rings is 1. The van der Waals surface area contributed by atoms with Gasteiger partial charge in [0.1, 0.15) is 18.9 Å². The molecule has 2 aromatic rings. The monoisotopic (exact) mass is 319 g/mol. The average Bonchev–Trinajstić information content (AvgIpc) is 2.56. The molecule has 1 fully saturated rings. The Morgan fingerprint density at radius 2 is 1.91 bits per heavy atom. The minimum Gasteiger partial charge on any atom is -0.289 e. The van der Waals surface area contributed by atoms with Crippen molar-refractivity contribution in [2.75, 3.05) is 31.1 Å². The van der Waals surface area contributed by atoms with E-state index in [0.717, 1.165) is 32.0 Å². The number of nitrogens with zero attached hydrogens (tertiary/aromatic N) is 3. The van der Waals surface area contributed by atoms with Gasteiger partial charge in [-0.1, -0.05) is 23.7 Å². The van der Waals surface area contributed by atoms with E-state index in [9.17, 15) is 4.39 Å². The van der Waals surface area contributed by atoms with Crippen molar-refractivity contribution in [1.82, 2.24) is 5.01 Å². The third-order valence-corrected chi connectivity index (χ3v) is 3.97. The maximum Gasteiger partial charge on any atom is 0.274 e. The maximum atomic E-state index is 13.7. The molecule has 0 atom stereocenters. The zero-order chi connectivity index (χ0) is 15.4. The number of hydrogen-bond donors (Lipinski definition) is 0. The molecule has 1 N–H and O–H groups in total. The van der Waals surface area contributed by atoms with Gasteiger partial charge in [-0.15, -0.1) is 0 Å². The maximum absolute atomic E-state index is 13.7. The number of aromatic amines is 1. The normalized spacial score (nSPS) is 15.5. The zero-order valence-electron chi connectivity index (χ0n) is 12.0. The van der Waals surface area contributed by atoms with Gasteiger partial charge in [0.15, 0.2) is 0 Å². The van der Waals surface area contributed by atoms with Crippen LogP contribution in [0.5, 0.6) is 0 Å². The molecule has 3 rings (SSSR count). The lowest BCUT2D eigenvalue weighted by Gasteiger charge is -2.28. The molecule has 1 saturated heterocycles. The molecule has 0 amide bonds. The summed E-state index contributed by atoms with van der Waals surface area (Å²) < 4.78 is 13.7. The van der Waals surface area contributed by atoms with Crippen LogP contribution in [-0.2, 0) is 0 Å². The molecule has 0 radical (unpaired) electrons. The van der Waals surface area contributed by atoms with Crippen molar-refractivity contribution in [3.05, 3.63) is 59.0 Å². The van der Waals surface area contributed by atoms with E-state index < -0.39 is 0 Å². The van der Waals surface area contributed by atoms with Crippen LogP contribution in [0.1, 0.15) is 5.56 Å². The molecule has 1 aromatic heterocycles. The van der Waals surface area contributed by atoms with E-state index in [-0.39, 0.29) is 5.82 Å². The second-order valence-corrected chi connectivity index (χ2v) is 5.48. The van der Waals surface area contributed by atoms with Crippen molar-refractivity contribution in [2.24, 2.45) is 5.10 Å². The largest absolute Gasteiger partial charge is 0.289 e. The Kier molecular flexibility index (Phi) is 4.53. The van der Waals surface area contributed by atoms with Gasteiger partial charge >= 0.3 is 0 Å². The Morgan fingerprint density at radius 3 is 2.59 bits per heavy atom. The molecule has 1 aliphatic rings. The molecule has 1 aliphatic heterocycles. The summed E-state index contributed by atoms with van der Waals surface area (Å²) in [4.78, 5) is 5.49. The highest BCUT2D eigenvalue weighted by atomic mass is 35.5. The Balaban J connectivity index is 1.61. The van der Waals surface area contributed by atoms with Gasteiger partial charge in [-0.2, -0.15) is 5.10 Å². The molecular formula is C16H17ClFN4+.